The van der Waals surface area contributed by atoms with Gasteiger partial charge in [0.1, 0.15) is 5.82 Å². The molecule has 1 rings (SSSR count). The van der Waals surface area contributed by atoms with Gasteiger partial charge in [0.05, 0.1) is 11.3 Å². The summed E-state index contributed by atoms with van der Waals surface area (Å²) in [6.45, 7) is 4.85. The van der Waals surface area contributed by atoms with E-state index in [1.54, 1.807) is 0 Å². The molecule has 0 aliphatic carbocycles. The highest BCUT2D eigenvalue weighted by atomic mass is 19.1. The number of hydrogen-bond acceptors (Lipinski definition) is 2. The van der Waals surface area contributed by atoms with Gasteiger partial charge in [0.25, 0.3) is 5.91 Å². The van der Waals surface area contributed by atoms with Crippen molar-refractivity contribution in [3.8, 4) is 0 Å². The SMILES string of the molecule is C=CNC(=O)c1cnc(C)c(F)c1. The molecular formula is C9H9FN2O. The van der Waals surface area contributed by atoms with E-state index >= 15 is 0 Å². The molecule has 0 unspecified atom stereocenters. The first-order chi connectivity index (χ1) is 6.15. The Balaban J connectivity index is 2.96. The quantitative estimate of drug-likeness (QED) is 0.747. The molecule has 1 N–H and O–H groups in total. The molecule has 1 aromatic heterocycles. The molecule has 0 bridgehead atoms. The van der Waals surface area contributed by atoms with E-state index in [1.165, 1.54) is 19.3 Å². The van der Waals surface area contributed by atoms with E-state index in [9.17, 15) is 9.18 Å². The van der Waals surface area contributed by atoms with Gasteiger partial charge in [-0.2, -0.15) is 0 Å². The number of nitrogens with one attached hydrogen (secondary N) is 1. The van der Waals surface area contributed by atoms with Crippen LogP contribution in [0.25, 0.3) is 0 Å². The molecule has 1 heterocycles. The Bertz CT molecular complexity index is 349. The van der Waals surface area contributed by atoms with Crippen molar-refractivity contribution in [1.29, 1.82) is 0 Å². The summed E-state index contributed by atoms with van der Waals surface area (Å²) in [7, 11) is 0. The van der Waals surface area contributed by atoms with Gasteiger partial charge in [0, 0.05) is 6.20 Å². The Labute approximate surface area is 75.3 Å². The van der Waals surface area contributed by atoms with Crippen LogP contribution in [-0.2, 0) is 0 Å². The Hall–Kier alpha value is -1.71. The number of nitrogens with zero attached hydrogens (tertiary/aromatic N) is 1. The van der Waals surface area contributed by atoms with Crippen molar-refractivity contribution < 1.29 is 9.18 Å². The summed E-state index contributed by atoms with van der Waals surface area (Å²) in [6.07, 6.45) is 2.55. The molecule has 0 radical (unpaired) electrons. The zero-order valence-corrected chi connectivity index (χ0v) is 7.17. The Morgan fingerprint density at radius 1 is 1.77 bits per heavy atom. The second kappa shape index (κ2) is 3.80. The van der Waals surface area contributed by atoms with Crippen molar-refractivity contribution >= 4 is 5.91 Å². The van der Waals surface area contributed by atoms with Crippen LogP contribution in [0.5, 0.6) is 0 Å². The zero-order valence-electron chi connectivity index (χ0n) is 7.17. The van der Waals surface area contributed by atoms with Crippen molar-refractivity contribution in [3.63, 3.8) is 0 Å². The fourth-order valence-corrected chi connectivity index (χ4v) is 0.806. The molecule has 1 aromatic rings. The largest absolute Gasteiger partial charge is 0.329 e. The minimum absolute atomic E-state index is 0.183. The second-order valence-electron chi connectivity index (χ2n) is 2.47. The maximum Gasteiger partial charge on any atom is 0.256 e. The molecule has 4 heteroatoms. The van der Waals surface area contributed by atoms with Crippen LogP contribution in [0.15, 0.2) is 25.0 Å². The summed E-state index contributed by atoms with van der Waals surface area (Å²) >= 11 is 0. The lowest BCUT2D eigenvalue weighted by molar-refractivity contribution is 0.0969. The van der Waals surface area contributed by atoms with Gasteiger partial charge < -0.3 is 5.32 Å². The third-order valence-electron chi connectivity index (χ3n) is 1.52. The summed E-state index contributed by atoms with van der Waals surface area (Å²) in [5.74, 6) is -0.905. The smallest absolute Gasteiger partial charge is 0.256 e. The zero-order chi connectivity index (χ0) is 9.84. The van der Waals surface area contributed by atoms with E-state index in [1.807, 2.05) is 0 Å². The Morgan fingerprint density at radius 2 is 2.46 bits per heavy atom. The van der Waals surface area contributed by atoms with Gasteiger partial charge in [0.15, 0.2) is 0 Å². The number of halogens is 1. The summed E-state index contributed by atoms with van der Waals surface area (Å²) in [4.78, 5) is 14.8. The molecule has 0 aliphatic rings. The minimum atomic E-state index is -0.489. The maximum absolute atomic E-state index is 12.9. The highest BCUT2D eigenvalue weighted by molar-refractivity contribution is 5.94. The van der Waals surface area contributed by atoms with E-state index in [0.717, 1.165) is 6.07 Å². The lowest BCUT2D eigenvalue weighted by Crippen LogP contribution is -2.17. The molecule has 0 atom stereocenters. The lowest BCUT2D eigenvalue weighted by Gasteiger charge is -2.00. The van der Waals surface area contributed by atoms with E-state index in [2.05, 4.69) is 16.9 Å². The standard InChI is InChI=1S/C9H9FN2O/c1-3-11-9(13)7-4-8(10)6(2)12-5-7/h3-5H,1H2,2H3,(H,11,13). The lowest BCUT2D eigenvalue weighted by atomic mass is 10.2. The third kappa shape index (κ3) is 2.11. The van der Waals surface area contributed by atoms with Gasteiger partial charge in [-0.1, -0.05) is 6.58 Å². The van der Waals surface area contributed by atoms with Crippen LogP contribution in [0.3, 0.4) is 0 Å². The third-order valence-corrected chi connectivity index (χ3v) is 1.52. The average Bonchev–Trinajstić information content (AvgIpc) is 2.10. The van der Waals surface area contributed by atoms with Crippen molar-refractivity contribution in [1.82, 2.24) is 10.3 Å². The van der Waals surface area contributed by atoms with Crippen LogP contribution in [0.1, 0.15) is 16.1 Å². The summed E-state index contributed by atoms with van der Waals surface area (Å²) in [5.41, 5.74) is 0.457. The van der Waals surface area contributed by atoms with Gasteiger partial charge in [-0.05, 0) is 19.2 Å². The summed E-state index contributed by atoms with van der Waals surface area (Å²) in [5, 5.41) is 2.33. The predicted octanol–water partition coefficient (Wildman–Crippen LogP) is 1.40. The van der Waals surface area contributed by atoms with Crippen LogP contribution in [0.4, 0.5) is 4.39 Å². The number of carbonyl (C=O) groups is 1. The number of aryl methyl sites for hydroxylation is 1. The summed E-state index contributed by atoms with van der Waals surface area (Å²) in [6, 6.07) is 1.14. The summed E-state index contributed by atoms with van der Waals surface area (Å²) < 4.78 is 12.9. The number of aromatic nitrogens is 1. The van der Waals surface area contributed by atoms with Crippen molar-refractivity contribution in [3.05, 3.63) is 42.1 Å². The first-order valence-corrected chi connectivity index (χ1v) is 3.69. The van der Waals surface area contributed by atoms with E-state index in [-0.39, 0.29) is 11.3 Å². The van der Waals surface area contributed by atoms with E-state index in [0.29, 0.717) is 0 Å². The first kappa shape index (κ1) is 9.38. The molecule has 1 amide bonds. The minimum Gasteiger partial charge on any atom is -0.329 e. The van der Waals surface area contributed by atoms with Gasteiger partial charge in [0.2, 0.25) is 0 Å². The normalized spacial score (nSPS) is 9.38. The fraction of sp³-hybridized carbons (Fsp3) is 0.111. The van der Waals surface area contributed by atoms with Gasteiger partial charge >= 0.3 is 0 Å². The van der Waals surface area contributed by atoms with Crippen LogP contribution < -0.4 is 5.32 Å². The van der Waals surface area contributed by atoms with Gasteiger partial charge in [-0.3, -0.25) is 9.78 Å². The number of hydrogen-bond donors (Lipinski definition) is 1. The molecule has 0 aromatic carbocycles. The molecule has 68 valence electrons. The molecule has 13 heavy (non-hydrogen) atoms. The predicted molar refractivity (Wildman–Crippen MR) is 46.6 cm³/mol. The number of carbonyl (C=O) groups excluding carboxylic acids is 1. The molecule has 0 spiro atoms. The average molecular weight is 180 g/mol. The Kier molecular flexibility index (Phi) is 2.74. The monoisotopic (exact) mass is 180 g/mol. The van der Waals surface area contributed by atoms with Crippen molar-refractivity contribution in [2.45, 2.75) is 6.92 Å². The van der Waals surface area contributed by atoms with E-state index in [4.69, 9.17) is 0 Å². The number of amides is 1. The van der Waals surface area contributed by atoms with Crippen molar-refractivity contribution in [2.75, 3.05) is 0 Å². The maximum atomic E-state index is 12.9. The molecular weight excluding hydrogens is 171 g/mol. The molecule has 0 fully saturated rings. The van der Waals surface area contributed by atoms with Crippen LogP contribution >= 0.6 is 0 Å². The Morgan fingerprint density at radius 3 is 3.00 bits per heavy atom. The van der Waals surface area contributed by atoms with Gasteiger partial charge in [-0.15, -0.1) is 0 Å². The highest BCUT2D eigenvalue weighted by Gasteiger charge is 2.06. The molecule has 0 saturated heterocycles. The fourth-order valence-electron chi connectivity index (χ4n) is 0.806. The highest BCUT2D eigenvalue weighted by Crippen LogP contribution is 2.05. The molecule has 0 saturated carbocycles. The van der Waals surface area contributed by atoms with Gasteiger partial charge in [-0.25, -0.2) is 4.39 Å². The first-order valence-electron chi connectivity index (χ1n) is 3.69. The molecule has 3 nitrogen and oxygen atoms in total. The van der Waals surface area contributed by atoms with Crippen LogP contribution in [0.2, 0.25) is 0 Å². The molecule has 0 aliphatic heterocycles. The number of pyridine rings is 1. The van der Waals surface area contributed by atoms with Crippen molar-refractivity contribution in [2.24, 2.45) is 0 Å². The number of rotatable bonds is 2. The topological polar surface area (TPSA) is 42.0 Å². The van der Waals surface area contributed by atoms with Crippen LogP contribution in [-0.4, -0.2) is 10.9 Å². The second-order valence-corrected chi connectivity index (χ2v) is 2.47. The van der Waals surface area contributed by atoms with Crippen LogP contribution in [0, 0.1) is 12.7 Å². The van der Waals surface area contributed by atoms with E-state index < -0.39 is 11.7 Å².